The van der Waals surface area contributed by atoms with Crippen molar-refractivity contribution in [1.82, 2.24) is 20.2 Å². The molecule has 10 nitrogen and oxygen atoms in total. The molecule has 1 aromatic heterocycles. The summed E-state index contributed by atoms with van der Waals surface area (Å²) in [6.07, 6.45) is 0. The molecular weight excluding hydrogens is 404 g/mol. The van der Waals surface area contributed by atoms with Crippen molar-refractivity contribution in [3.8, 4) is 5.69 Å². The summed E-state index contributed by atoms with van der Waals surface area (Å²) in [7, 11) is -3.86. The number of H-pyrrole nitrogens is 1. The highest BCUT2D eigenvalue weighted by atomic mass is 32.2. The van der Waals surface area contributed by atoms with Crippen LogP contribution in [-0.4, -0.2) is 45.7 Å². The lowest BCUT2D eigenvalue weighted by Gasteiger charge is -2.12. The fourth-order valence-corrected chi connectivity index (χ4v) is 3.60. The summed E-state index contributed by atoms with van der Waals surface area (Å²) in [6, 6.07) is 11.6. The summed E-state index contributed by atoms with van der Waals surface area (Å²) >= 11 is 5.02. The second-order valence-electron chi connectivity index (χ2n) is 5.80. The highest BCUT2D eigenvalue weighted by molar-refractivity contribution is 7.92. The number of carboxylic acid groups (broad SMARTS) is 1. The van der Waals surface area contributed by atoms with E-state index in [2.05, 4.69) is 25.6 Å². The monoisotopic (exact) mass is 420 g/mol. The number of nitrogens with one attached hydrogen (secondary N) is 3. The summed E-state index contributed by atoms with van der Waals surface area (Å²) in [6.45, 7) is 1.51. The molecule has 0 aliphatic heterocycles. The molecule has 1 atom stereocenters. The Labute approximate surface area is 165 Å². The van der Waals surface area contributed by atoms with Gasteiger partial charge in [-0.2, -0.15) is 5.21 Å². The fourth-order valence-electron chi connectivity index (χ4n) is 2.32. The van der Waals surface area contributed by atoms with Gasteiger partial charge in [-0.1, -0.05) is 16.4 Å². The van der Waals surface area contributed by atoms with Crippen LogP contribution in [0.2, 0.25) is 0 Å². The maximum Gasteiger partial charge on any atom is 0.325 e. The minimum atomic E-state index is -3.86. The molecule has 0 bridgehead atoms. The maximum atomic E-state index is 12.7. The van der Waals surface area contributed by atoms with E-state index in [0.29, 0.717) is 17.1 Å². The molecule has 0 aliphatic rings. The van der Waals surface area contributed by atoms with Crippen molar-refractivity contribution in [2.45, 2.75) is 17.9 Å². The third kappa shape index (κ3) is 4.35. The van der Waals surface area contributed by atoms with E-state index < -0.39 is 22.0 Å². The van der Waals surface area contributed by atoms with E-state index >= 15 is 0 Å². The van der Waals surface area contributed by atoms with Crippen molar-refractivity contribution in [2.24, 2.45) is 0 Å². The standard InChI is InChI=1S/C16H16N6O4S2/c1-10(15(23)24)17-11-5-7-12(8-6-11)19-28(25,26)14-4-2-3-13(9-14)22-16(27)18-20-21-22/h2-10,17,19H,1H3,(H,23,24)(H,18,21,27). The van der Waals surface area contributed by atoms with Gasteiger partial charge in [-0.05, 0) is 61.6 Å². The van der Waals surface area contributed by atoms with Gasteiger partial charge in [-0.25, -0.2) is 13.1 Å². The summed E-state index contributed by atoms with van der Waals surface area (Å²) in [4.78, 5) is 10.9. The van der Waals surface area contributed by atoms with E-state index in [1.165, 1.54) is 35.9 Å². The predicted molar refractivity (Wildman–Crippen MR) is 105 cm³/mol. The molecule has 28 heavy (non-hydrogen) atoms. The van der Waals surface area contributed by atoms with Crippen LogP contribution in [-0.2, 0) is 14.8 Å². The molecule has 12 heteroatoms. The number of tetrazole rings is 1. The molecule has 0 aliphatic carbocycles. The Morgan fingerprint density at radius 3 is 2.50 bits per heavy atom. The van der Waals surface area contributed by atoms with Crippen LogP contribution in [0.25, 0.3) is 5.69 Å². The molecule has 146 valence electrons. The number of hydrogen-bond acceptors (Lipinski definition) is 7. The smallest absolute Gasteiger partial charge is 0.325 e. The third-order valence-electron chi connectivity index (χ3n) is 3.75. The molecule has 0 amide bonds. The maximum absolute atomic E-state index is 12.7. The van der Waals surface area contributed by atoms with Crippen LogP contribution in [0.5, 0.6) is 0 Å². The Bertz CT molecular complexity index is 1150. The number of aromatic amines is 1. The van der Waals surface area contributed by atoms with E-state index in [0.717, 1.165) is 0 Å². The van der Waals surface area contributed by atoms with Crippen molar-refractivity contribution in [2.75, 3.05) is 10.0 Å². The lowest BCUT2D eigenvalue weighted by Crippen LogP contribution is -2.25. The van der Waals surface area contributed by atoms with Gasteiger partial charge in [0.1, 0.15) is 6.04 Å². The first-order valence-electron chi connectivity index (χ1n) is 7.99. The number of rotatable bonds is 7. The summed E-state index contributed by atoms with van der Waals surface area (Å²) in [5, 5.41) is 21.5. The molecule has 0 saturated heterocycles. The summed E-state index contributed by atoms with van der Waals surface area (Å²) in [5.74, 6) is -0.989. The number of aliphatic carboxylic acids is 1. The minimum absolute atomic E-state index is 0.0307. The molecule has 0 spiro atoms. The van der Waals surface area contributed by atoms with Crippen molar-refractivity contribution < 1.29 is 18.3 Å². The largest absolute Gasteiger partial charge is 0.480 e. The highest BCUT2D eigenvalue weighted by Gasteiger charge is 2.16. The normalized spacial score (nSPS) is 12.3. The molecular formula is C16H16N6O4S2. The second-order valence-corrected chi connectivity index (χ2v) is 7.85. The number of aromatic nitrogens is 4. The van der Waals surface area contributed by atoms with Gasteiger partial charge in [0.05, 0.1) is 10.6 Å². The van der Waals surface area contributed by atoms with E-state index in [4.69, 9.17) is 17.3 Å². The molecule has 2 aromatic carbocycles. The number of hydrogen-bond donors (Lipinski definition) is 4. The van der Waals surface area contributed by atoms with Crippen molar-refractivity contribution in [3.63, 3.8) is 0 Å². The van der Waals surface area contributed by atoms with Gasteiger partial charge in [-0.3, -0.25) is 9.52 Å². The number of benzene rings is 2. The van der Waals surface area contributed by atoms with Crippen LogP contribution in [0, 0.1) is 4.77 Å². The van der Waals surface area contributed by atoms with Gasteiger partial charge >= 0.3 is 5.97 Å². The Hall–Kier alpha value is -3.25. The first-order valence-corrected chi connectivity index (χ1v) is 9.88. The van der Waals surface area contributed by atoms with Crippen LogP contribution in [0.1, 0.15) is 6.92 Å². The zero-order valence-corrected chi connectivity index (χ0v) is 16.2. The van der Waals surface area contributed by atoms with Crippen molar-refractivity contribution in [3.05, 3.63) is 53.3 Å². The second kappa shape index (κ2) is 7.78. The van der Waals surface area contributed by atoms with Gasteiger partial charge in [0.2, 0.25) is 4.77 Å². The molecule has 1 unspecified atom stereocenters. The topological polar surface area (TPSA) is 142 Å². The van der Waals surface area contributed by atoms with E-state index in [1.807, 2.05) is 0 Å². The Balaban J connectivity index is 1.80. The van der Waals surface area contributed by atoms with E-state index in [-0.39, 0.29) is 9.67 Å². The number of sulfonamides is 1. The lowest BCUT2D eigenvalue weighted by atomic mass is 10.2. The zero-order valence-electron chi connectivity index (χ0n) is 14.5. The van der Waals surface area contributed by atoms with Crippen LogP contribution >= 0.6 is 12.2 Å². The lowest BCUT2D eigenvalue weighted by molar-refractivity contribution is -0.137. The van der Waals surface area contributed by atoms with Crippen LogP contribution in [0.3, 0.4) is 0 Å². The molecule has 1 heterocycles. The molecule has 4 N–H and O–H groups in total. The minimum Gasteiger partial charge on any atom is -0.480 e. The molecule has 0 fully saturated rings. The van der Waals surface area contributed by atoms with Crippen LogP contribution in [0.4, 0.5) is 11.4 Å². The van der Waals surface area contributed by atoms with Gasteiger partial charge in [0.25, 0.3) is 10.0 Å². The highest BCUT2D eigenvalue weighted by Crippen LogP contribution is 2.20. The Kier molecular flexibility index (Phi) is 5.42. The number of carbonyl (C=O) groups is 1. The number of carboxylic acids is 1. The summed E-state index contributed by atoms with van der Waals surface area (Å²) < 4.78 is 29.4. The average Bonchev–Trinajstić information content (AvgIpc) is 3.09. The zero-order chi connectivity index (χ0) is 20.3. The van der Waals surface area contributed by atoms with E-state index in [9.17, 15) is 13.2 Å². The quantitative estimate of drug-likeness (QED) is 0.425. The molecule has 0 radical (unpaired) electrons. The number of nitrogens with zero attached hydrogens (tertiary/aromatic N) is 3. The van der Waals surface area contributed by atoms with Crippen molar-refractivity contribution in [1.29, 1.82) is 0 Å². The Morgan fingerprint density at radius 1 is 1.21 bits per heavy atom. The predicted octanol–water partition coefficient (Wildman–Crippen LogP) is 2.01. The first kappa shape index (κ1) is 19.5. The Morgan fingerprint density at radius 2 is 1.89 bits per heavy atom. The fraction of sp³-hybridized carbons (Fsp3) is 0.125. The SMILES string of the molecule is CC(Nc1ccc(NS(=O)(=O)c2cccc(-n3[nH]nnc3=S)c2)cc1)C(=O)O. The van der Waals surface area contributed by atoms with E-state index in [1.54, 1.807) is 24.3 Å². The third-order valence-corrected chi connectivity index (χ3v) is 5.39. The van der Waals surface area contributed by atoms with Crippen molar-refractivity contribution >= 4 is 39.6 Å². The van der Waals surface area contributed by atoms with Gasteiger partial charge in [0, 0.05) is 11.4 Å². The van der Waals surface area contributed by atoms with Gasteiger partial charge in [-0.15, -0.1) is 0 Å². The molecule has 0 saturated carbocycles. The van der Waals surface area contributed by atoms with Gasteiger partial charge < -0.3 is 10.4 Å². The summed E-state index contributed by atoms with van der Waals surface area (Å²) in [5.41, 5.74) is 1.36. The van der Waals surface area contributed by atoms with Gasteiger partial charge in [0.15, 0.2) is 0 Å². The molecule has 3 aromatic rings. The number of anilines is 2. The van der Waals surface area contributed by atoms with Crippen LogP contribution in [0.15, 0.2) is 53.4 Å². The average molecular weight is 420 g/mol. The van der Waals surface area contributed by atoms with Crippen LogP contribution < -0.4 is 10.0 Å². The first-order chi connectivity index (χ1) is 13.3. The molecule has 3 rings (SSSR count).